The lowest BCUT2D eigenvalue weighted by atomic mass is 9.90. The first-order chi connectivity index (χ1) is 11.1. The maximum atomic E-state index is 13.1. The fourth-order valence-corrected chi connectivity index (χ4v) is 3.28. The van der Waals surface area contributed by atoms with Crippen molar-refractivity contribution in [3.05, 3.63) is 41.8 Å². The Labute approximate surface area is 137 Å². The number of hydrogen-bond acceptors (Lipinski definition) is 3. The van der Waals surface area contributed by atoms with Gasteiger partial charge >= 0.3 is 0 Å². The molecule has 5 heteroatoms. The molecule has 0 amide bonds. The van der Waals surface area contributed by atoms with E-state index in [0.717, 1.165) is 29.3 Å². The molecular weight excluding hydrogens is 291 g/mol. The Morgan fingerprint density at radius 1 is 1.30 bits per heavy atom. The molecule has 1 saturated heterocycles. The van der Waals surface area contributed by atoms with Crippen LogP contribution < -0.4 is 5.32 Å². The topological polar surface area (TPSA) is 44.0 Å². The van der Waals surface area contributed by atoms with Crippen LogP contribution in [0, 0.1) is 11.7 Å². The molecular formula is C18H25FN4. The molecule has 1 fully saturated rings. The predicted molar refractivity (Wildman–Crippen MR) is 90.5 cm³/mol. The Kier molecular flexibility index (Phi) is 5.08. The van der Waals surface area contributed by atoms with Gasteiger partial charge in [0, 0.05) is 23.7 Å². The van der Waals surface area contributed by atoms with Crippen molar-refractivity contribution in [1.29, 1.82) is 0 Å². The first-order valence-corrected chi connectivity index (χ1v) is 8.33. The normalized spacial score (nSPS) is 18.2. The SMILES string of the molecule is C[C@H](NCc1cn[nH]c1-c1ccc(F)cc1)C1CCN(C)CC1. The number of nitrogens with one attached hydrogen (secondary N) is 2. The van der Waals surface area contributed by atoms with Crippen LogP contribution in [0.25, 0.3) is 11.3 Å². The molecule has 2 aromatic rings. The number of rotatable bonds is 5. The van der Waals surface area contributed by atoms with Crippen LogP contribution in [0.1, 0.15) is 25.3 Å². The van der Waals surface area contributed by atoms with Crippen LogP contribution in [0.5, 0.6) is 0 Å². The minimum Gasteiger partial charge on any atom is -0.310 e. The summed E-state index contributed by atoms with van der Waals surface area (Å²) in [7, 11) is 2.19. The third-order valence-electron chi connectivity index (χ3n) is 4.94. The minimum absolute atomic E-state index is 0.219. The van der Waals surface area contributed by atoms with E-state index in [-0.39, 0.29) is 5.82 Å². The third kappa shape index (κ3) is 3.98. The molecule has 23 heavy (non-hydrogen) atoms. The molecule has 1 atom stereocenters. The number of aromatic amines is 1. The largest absolute Gasteiger partial charge is 0.310 e. The first-order valence-electron chi connectivity index (χ1n) is 8.33. The van der Waals surface area contributed by atoms with Crippen LogP contribution >= 0.6 is 0 Å². The van der Waals surface area contributed by atoms with E-state index < -0.39 is 0 Å². The van der Waals surface area contributed by atoms with Gasteiger partial charge in [0.25, 0.3) is 0 Å². The van der Waals surface area contributed by atoms with Gasteiger partial charge in [-0.05, 0) is 70.1 Å². The molecule has 1 aliphatic rings. The standard InChI is InChI=1S/C18H25FN4/c1-13(14-7-9-23(2)10-8-14)20-11-16-12-21-22-18(16)15-3-5-17(19)6-4-15/h3-6,12-14,20H,7-11H2,1-2H3,(H,21,22)/t13-/m0/s1. The van der Waals surface area contributed by atoms with E-state index in [1.807, 2.05) is 6.20 Å². The fraction of sp³-hybridized carbons (Fsp3) is 0.500. The van der Waals surface area contributed by atoms with Crippen LogP contribution in [0.2, 0.25) is 0 Å². The number of nitrogens with zero attached hydrogens (tertiary/aromatic N) is 2. The number of likely N-dealkylation sites (tertiary alicyclic amines) is 1. The quantitative estimate of drug-likeness (QED) is 0.891. The fourth-order valence-electron chi connectivity index (χ4n) is 3.28. The van der Waals surface area contributed by atoms with E-state index in [9.17, 15) is 4.39 Å². The Morgan fingerprint density at radius 3 is 2.70 bits per heavy atom. The summed E-state index contributed by atoms with van der Waals surface area (Å²) in [6, 6.07) is 7.02. The molecule has 0 aliphatic carbocycles. The smallest absolute Gasteiger partial charge is 0.123 e. The zero-order valence-electron chi connectivity index (χ0n) is 13.8. The average molecular weight is 316 g/mol. The second-order valence-electron chi connectivity index (χ2n) is 6.59. The van der Waals surface area contributed by atoms with E-state index in [1.54, 1.807) is 12.1 Å². The number of hydrogen-bond donors (Lipinski definition) is 2. The molecule has 1 aromatic carbocycles. The van der Waals surface area contributed by atoms with E-state index >= 15 is 0 Å². The molecule has 2 heterocycles. The molecule has 0 unspecified atom stereocenters. The van der Waals surface area contributed by atoms with E-state index in [4.69, 9.17) is 0 Å². The lowest BCUT2D eigenvalue weighted by molar-refractivity contribution is 0.189. The Morgan fingerprint density at radius 2 is 2.00 bits per heavy atom. The van der Waals surface area contributed by atoms with Crippen molar-refractivity contribution in [3.8, 4) is 11.3 Å². The molecule has 0 bridgehead atoms. The van der Waals surface area contributed by atoms with Crippen molar-refractivity contribution in [2.45, 2.75) is 32.4 Å². The summed E-state index contributed by atoms with van der Waals surface area (Å²) in [6.07, 6.45) is 4.36. The molecule has 0 spiro atoms. The Bertz CT molecular complexity index is 614. The molecule has 1 aromatic heterocycles. The van der Waals surface area contributed by atoms with Gasteiger partial charge in [0.05, 0.1) is 11.9 Å². The first kappa shape index (κ1) is 16.1. The van der Waals surface area contributed by atoms with E-state index in [0.29, 0.717) is 6.04 Å². The van der Waals surface area contributed by atoms with Crippen molar-refractivity contribution in [2.75, 3.05) is 20.1 Å². The summed E-state index contributed by atoms with van der Waals surface area (Å²) >= 11 is 0. The van der Waals surface area contributed by atoms with Crippen LogP contribution in [-0.2, 0) is 6.54 Å². The maximum absolute atomic E-state index is 13.1. The molecule has 4 nitrogen and oxygen atoms in total. The number of H-pyrrole nitrogens is 1. The van der Waals surface area contributed by atoms with E-state index in [2.05, 4.69) is 34.4 Å². The molecule has 0 saturated carbocycles. The van der Waals surface area contributed by atoms with E-state index in [1.165, 1.54) is 38.1 Å². The molecule has 124 valence electrons. The summed E-state index contributed by atoms with van der Waals surface area (Å²) in [5.74, 6) is 0.510. The summed E-state index contributed by atoms with van der Waals surface area (Å²) in [5, 5.41) is 10.8. The average Bonchev–Trinajstić information content (AvgIpc) is 3.02. The Hall–Kier alpha value is -1.72. The van der Waals surface area contributed by atoms with Gasteiger partial charge in [0.15, 0.2) is 0 Å². The van der Waals surface area contributed by atoms with Gasteiger partial charge in [0.1, 0.15) is 5.82 Å². The lowest BCUT2D eigenvalue weighted by Gasteiger charge is -2.33. The van der Waals surface area contributed by atoms with Gasteiger partial charge in [-0.15, -0.1) is 0 Å². The summed E-state index contributed by atoms with van der Waals surface area (Å²) in [6.45, 7) is 5.41. The monoisotopic (exact) mass is 316 g/mol. The van der Waals surface area contributed by atoms with Gasteiger partial charge < -0.3 is 10.2 Å². The van der Waals surface area contributed by atoms with Gasteiger partial charge in [0.2, 0.25) is 0 Å². The maximum Gasteiger partial charge on any atom is 0.123 e. The number of aromatic nitrogens is 2. The molecule has 1 aliphatic heterocycles. The number of halogens is 1. The van der Waals surface area contributed by atoms with Gasteiger partial charge in [-0.25, -0.2) is 4.39 Å². The highest BCUT2D eigenvalue weighted by molar-refractivity contribution is 5.62. The zero-order valence-corrected chi connectivity index (χ0v) is 13.8. The highest BCUT2D eigenvalue weighted by atomic mass is 19.1. The summed E-state index contributed by atoms with van der Waals surface area (Å²) < 4.78 is 13.1. The minimum atomic E-state index is -0.219. The summed E-state index contributed by atoms with van der Waals surface area (Å²) in [5.41, 5.74) is 3.05. The zero-order chi connectivity index (χ0) is 16.2. The molecule has 3 rings (SSSR count). The highest BCUT2D eigenvalue weighted by Crippen LogP contribution is 2.23. The second kappa shape index (κ2) is 7.23. The predicted octanol–water partition coefficient (Wildman–Crippen LogP) is 3.04. The van der Waals surface area contributed by atoms with Gasteiger partial charge in [-0.2, -0.15) is 5.10 Å². The summed E-state index contributed by atoms with van der Waals surface area (Å²) in [4.78, 5) is 2.39. The van der Waals surface area contributed by atoms with Crippen molar-refractivity contribution >= 4 is 0 Å². The molecule has 0 radical (unpaired) electrons. The third-order valence-corrected chi connectivity index (χ3v) is 4.94. The van der Waals surface area contributed by atoms with Crippen molar-refractivity contribution in [1.82, 2.24) is 20.4 Å². The van der Waals surface area contributed by atoms with Crippen LogP contribution in [0.4, 0.5) is 4.39 Å². The number of piperidine rings is 1. The van der Waals surface area contributed by atoms with Gasteiger partial charge in [-0.3, -0.25) is 5.10 Å². The van der Waals surface area contributed by atoms with Crippen LogP contribution in [-0.4, -0.2) is 41.3 Å². The van der Waals surface area contributed by atoms with Gasteiger partial charge in [-0.1, -0.05) is 0 Å². The molecule has 2 N–H and O–H groups in total. The van der Waals surface area contributed by atoms with Crippen LogP contribution in [0.3, 0.4) is 0 Å². The lowest BCUT2D eigenvalue weighted by Crippen LogP contribution is -2.40. The number of benzene rings is 1. The van der Waals surface area contributed by atoms with Crippen molar-refractivity contribution < 1.29 is 4.39 Å². The Balaban J connectivity index is 1.61. The highest BCUT2D eigenvalue weighted by Gasteiger charge is 2.22. The van der Waals surface area contributed by atoms with Crippen LogP contribution in [0.15, 0.2) is 30.5 Å². The second-order valence-corrected chi connectivity index (χ2v) is 6.59. The van der Waals surface area contributed by atoms with Crippen molar-refractivity contribution in [2.24, 2.45) is 5.92 Å². The van der Waals surface area contributed by atoms with Crippen molar-refractivity contribution in [3.63, 3.8) is 0 Å².